The monoisotopic (exact) mass is 368 g/mol. The van der Waals surface area contributed by atoms with Gasteiger partial charge < -0.3 is 15.0 Å². The predicted octanol–water partition coefficient (Wildman–Crippen LogP) is 3.35. The Hall–Kier alpha value is -1.55. The molecule has 1 heterocycles. The molecule has 5 fully saturated rings. The molecule has 4 bridgehead atoms. The summed E-state index contributed by atoms with van der Waals surface area (Å²) in [6, 6.07) is 8.97. The first-order valence-corrected chi connectivity index (χ1v) is 10.8. The first kappa shape index (κ1) is 17.5. The lowest BCUT2D eigenvalue weighted by Gasteiger charge is -2.57. The van der Waals surface area contributed by atoms with E-state index in [1.54, 1.807) is 0 Å². The van der Waals surface area contributed by atoms with Crippen molar-refractivity contribution in [2.45, 2.75) is 56.9 Å². The molecule has 0 aromatic heterocycles. The SMILES string of the molecule is CC1CNCCN1C(=O)COc1ccc(C23CC4CC(CC(C4)C2)C3)cc1. The maximum absolute atomic E-state index is 12.5. The minimum absolute atomic E-state index is 0.0918. The molecule has 0 spiro atoms. The van der Waals surface area contributed by atoms with Crippen molar-refractivity contribution < 1.29 is 9.53 Å². The number of rotatable bonds is 4. The van der Waals surface area contributed by atoms with E-state index < -0.39 is 0 Å². The number of carbonyl (C=O) groups is 1. The molecule has 27 heavy (non-hydrogen) atoms. The van der Waals surface area contributed by atoms with E-state index in [0.29, 0.717) is 5.41 Å². The molecule has 0 radical (unpaired) electrons. The number of benzene rings is 1. The van der Waals surface area contributed by atoms with Crippen LogP contribution in [0.15, 0.2) is 24.3 Å². The van der Waals surface area contributed by atoms with Gasteiger partial charge in [0, 0.05) is 25.7 Å². The van der Waals surface area contributed by atoms with E-state index in [9.17, 15) is 4.79 Å². The lowest BCUT2D eigenvalue weighted by Crippen LogP contribution is -2.53. The Kier molecular flexibility index (Phi) is 4.42. The summed E-state index contributed by atoms with van der Waals surface area (Å²) >= 11 is 0. The van der Waals surface area contributed by atoms with Crippen LogP contribution in [0.5, 0.6) is 5.75 Å². The van der Waals surface area contributed by atoms with Gasteiger partial charge in [0.15, 0.2) is 6.61 Å². The summed E-state index contributed by atoms with van der Waals surface area (Å²) in [5, 5.41) is 3.32. The van der Waals surface area contributed by atoms with Crippen molar-refractivity contribution in [3.8, 4) is 5.75 Å². The van der Waals surface area contributed by atoms with Crippen LogP contribution in [0.25, 0.3) is 0 Å². The van der Waals surface area contributed by atoms with Gasteiger partial charge in [0.2, 0.25) is 0 Å². The summed E-state index contributed by atoms with van der Waals surface area (Å²) < 4.78 is 5.83. The van der Waals surface area contributed by atoms with Crippen molar-refractivity contribution in [2.24, 2.45) is 17.8 Å². The zero-order chi connectivity index (χ0) is 18.4. The Morgan fingerprint density at radius 1 is 1.11 bits per heavy atom. The van der Waals surface area contributed by atoms with Crippen molar-refractivity contribution >= 4 is 5.91 Å². The Morgan fingerprint density at radius 2 is 1.74 bits per heavy atom. The van der Waals surface area contributed by atoms with Crippen LogP contribution >= 0.6 is 0 Å². The van der Waals surface area contributed by atoms with Crippen molar-refractivity contribution in [1.82, 2.24) is 10.2 Å². The molecular formula is C23H32N2O2. The lowest BCUT2D eigenvalue weighted by molar-refractivity contribution is -0.136. The third-order valence-electron chi connectivity index (χ3n) is 7.69. The van der Waals surface area contributed by atoms with Gasteiger partial charge in [0.05, 0.1) is 0 Å². The third-order valence-corrected chi connectivity index (χ3v) is 7.69. The molecule has 1 aromatic rings. The molecule has 5 aliphatic rings. The molecular weight excluding hydrogens is 336 g/mol. The van der Waals surface area contributed by atoms with Crippen LogP contribution < -0.4 is 10.1 Å². The Labute approximate surface area is 162 Å². The summed E-state index contributed by atoms with van der Waals surface area (Å²) in [4.78, 5) is 14.4. The Bertz CT molecular complexity index is 664. The molecule has 1 aromatic carbocycles. The van der Waals surface area contributed by atoms with Gasteiger partial charge >= 0.3 is 0 Å². The maximum Gasteiger partial charge on any atom is 0.260 e. The van der Waals surface area contributed by atoms with E-state index in [0.717, 1.165) is 43.1 Å². The van der Waals surface area contributed by atoms with E-state index in [1.807, 2.05) is 4.90 Å². The second kappa shape index (κ2) is 6.80. The molecule has 4 saturated carbocycles. The highest BCUT2D eigenvalue weighted by Crippen LogP contribution is 2.60. The summed E-state index contributed by atoms with van der Waals surface area (Å²) in [5.41, 5.74) is 1.94. The summed E-state index contributed by atoms with van der Waals surface area (Å²) in [5.74, 6) is 3.80. The van der Waals surface area contributed by atoms with Gasteiger partial charge in [0.25, 0.3) is 5.91 Å². The fraction of sp³-hybridized carbons (Fsp3) is 0.696. The van der Waals surface area contributed by atoms with Crippen LogP contribution in [0, 0.1) is 17.8 Å². The van der Waals surface area contributed by atoms with E-state index in [2.05, 4.69) is 36.5 Å². The third kappa shape index (κ3) is 3.26. The first-order chi connectivity index (χ1) is 13.1. The number of nitrogens with zero attached hydrogens (tertiary/aromatic N) is 1. The highest BCUT2D eigenvalue weighted by Gasteiger charge is 2.51. The lowest BCUT2D eigenvalue weighted by atomic mass is 9.48. The number of amides is 1. The number of carbonyl (C=O) groups excluding carboxylic acids is 1. The van der Waals surface area contributed by atoms with Crippen LogP contribution in [0.2, 0.25) is 0 Å². The fourth-order valence-electron chi connectivity index (χ4n) is 6.81. The summed E-state index contributed by atoms with van der Waals surface area (Å²) in [7, 11) is 0. The van der Waals surface area contributed by atoms with Gasteiger partial charge in [-0.3, -0.25) is 4.79 Å². The second-order valence-corrected chi connectivity index (χ2v) is 9.65. The normalized spacial score (nSPS) is 37.4. The molecule has 1 unspecified atom stereocenters. The summed E-state index contributed by atoms with van der Waals surface area (Å²) in [6.07, 6.45) is 8.60. The average molecular weight is 369 g/mol. The quantitative estimate of drug-likeness (QED) is 0.886. The number of hydrogen-bond donors (Lipinski definition) is 1. The van der Waals surface area contributed by atoms with Gasteiger partial charge in [-0.2, -0.15) is 0 Å². The van der Waals surface area contributed by atoms with Gasteiger partial charge in [-0.25, -0.2) is 0 Å². The standard InChI is InChI=1S/C23H32N2O2/c1-16-14-24-6-7-25(16)22(26)15-27-21-4-2-20(3-5-21)23-11-17-8-18(12-23)10-19(9-17)13-23/h2-5,16-19,24H,6-15H2,1H3. The highest BCUT2D eigenvalue weighted by atomic mass is 16.5. The van der Waals surface area contributed by atoms with Gasteiger partial charge in [-0.1, -0.05) is 12.1 Å². The van der Waals surface area contributed by atoms with Crippen molar-refractivity contribution in [2.75, 3.05) is 26.2 Å². The topological polar surface area (TPSA) is 41.6 Å². The number of hydrogen-bond acceptors (Lipinski definition) is 3. The smallest absolute Gasteiger partial charge is 0.260 e. The van der Waals surface area contributed by atoms with E-state index in [-0.39, 0.29) is 18.6 Å². The number of ether oxygens (including phenoxy) is 1. The van der Waals surface area contributed by atoms with Crippen molar-refractivity contribution in [3.63, 3.8) is 0 Å². The summed E-state index contributed by atoms with van der Waals surface area (Å²) in [6.45, 7) is 4.74. The van der Waals surface area contributed by atoms with Crippen LogP contribution in [0.1, 0.15) is 51.0 Å². The zero-order valence-electron chi connectivity index (χ0n) is 16.5. The minimum Gasteiger partial charge on any atom is -0.484 e. The molecule has 1 N–H and O–H groups in total. The molecule has 4 aliphatic carbocycles. The van der Waals surface area contributed by atoms with Crippen LogP contribution in [0.3, 0.4) is 0 Å². The predicted molar refractivity (Wildman–Crippen MR) is 106 cm³/mol. The largest absolute Gasteiger partial charge is 0.484 e. The molecule has 1 saturated heterocycles. The fourth-order valence-corrected chi connectivity index (χ4v) is 6.81. The van der Waals surface area contributed by atoms with Gasteiger partial charge in [-0.15, -0.1) is 0 Å². The molecule has 4 nitrogen and oxygen atoms in total. The molecule has 146 valence electrons. The average Bonchev–Trinajstić information content (AvgIpc) is 2.66. The molecule has 4 heteroatoms. The molecule has 6 rings (SSSR count). The second-order valence-electron chi connectivity index (χ2n) is 9.65. The maximum atomic E-state index is 12.5. The van der Waals surface area contributed by atoms with Crippen molar-refractivity contribution in [3.05, 3.63) is 29.8 Å². The number of piperazine rings is 1. The van der Waals surface area contributed by atoms with Gasteiger partial charge in [0.1, 0.15) is 5.75 Å². The minimum atomic E-state index is 0.0918. The molecule has 1 atom stereocenters. The van der Waals surface area contributed by atoms with Crippen LogP contribution in [0.4, 0.5) is 0 Å². The zero-order valence-corrected chi connectivity index (χ0v) is 16.5. The van der Waals surface area contributed by atoms with Crippen molar-refractivity contribution in [1.29, 1.82) is 0 Å². The van der Waals surface area contributed by atoms with E-state index in [1.165, 1.54) is 44.1 Å². The van der Waals surface area contributed by atoms with Crippen LogP contribution in [-0.2, 0) is 10.2 Å². The highest BCUT2D eigenvalue weighted by molar-refractivity contribution is 5.78. The first-order valence-electron chi connectivity index (χ1n) is 10.8. The molecule has 1 amide bonds. The van der Waals surface area contributed by atoms with Gasteiger partial charge in [-0.05, 0) is 86.3 Å². The molecule has 1 aliphatic heterocycles. The Balaban J connectivity index is 1.23. The Morgan fingerprint density at radius 3 is 2.33 bits per heavy atom. The van der Waals surface area contributed by atoms with E-state index >= 15 is 0 Å². The van der Waals surface area contributed by atoms with E-state index in [4.69, 9.17) is 4.74 Å². The van der Waals surface area contributed by atoms with Crippen LogP contribution in [-0.4, -0.2) is 43.1 Å². The number of nitrogens with one attached hydrogen (secondary N) is 1.